The van der Waals surface area contributed by atoms with E-state index in [9.17, 15) is 18.0 Å². The number of carbonyl (C=O) groups excluding carboxylic acids is 1. The number of aromatic amines is 1. The Balaban J connectivity index is 2.26. The second-order valence-corrected chi connectivity index (χ2v) is 4.87. The molecule has 2 aromatic carbocycles. The number of hydrogen-bond acceptors (Lipinski definition) is 2. The third-order valence-corrected chi connectivity index (χ3v) is 3.37. The first kappa shape index (κ1) is 15.0. The highest BCUT2D eigenvalue weighted by atomic mass is 19.4. The largest absolute Gasteiger partial charge is 0.435 e. The minimum Gasteiger partial charge on any atom is -0.353 e. The minimum absolute atomic E-state index is 0.0485. The van der Waals surface area contributed by atoms with Gasteiger partial charge in [0.15, 0.2) is 12.0 Å². The van der Waals surface area contributed by atoms with Gasteiger partial charge in [0.25, 0.3) is 0 Å². The number of nitrogens with one attached hydrogen (secondary N) is 1. The van der Waals surface area contributed by atoms with E-state index in [0.29, 0.717) is 17.2 Å². The van der Waals surface area contributed by atoms with Crippen molar-refractivity contribution in [3.63, 3.8) is 0 Å². The van der Waals surface area contributed by atoms with Crippen LogP contribution in [0.1, 0.15) is 16.1 Å². The Bertz CT molecular complexity index is 880. The molecule has 6 heteroatoms. The Labute approximate surface area is 129 Å². The van der Waals surface area contributed by atoms with E-state index in [0.717, 1.165) is 0 Å². The molecule has 0 fully saturated rings. The normalized spacial score (nSPS) is 12.6. The summed E-state index contributed by atoms with van der Waals surface area (Å²) in [7, 11) is 0. The molecule has 0 aliphatic heterocycles. The highest BCUT2D eigenvalue weighted by Crippen LogP contribution is 2.30. The van der Waals surface area contributed by atoms with Crippen LogP contribution >= 0.6 is 0 Å². The van der Waals surface area contributed by atoms with Crippen LogP contribution in [0.25, 0.3) is 10.9 Å². The molecule has 3 aromatic rings. The van der Waals surface area contributed by atoms with Gasteiger partial charge in [-0.1, -0.05) is 36.4 Å². The van der Waals surface area contributed by atoms with Crippen LogP contribution in [0, 0.1) is 0 Å². The van der Waals surface area contributed by atoms with Crippen molar-refractivity contribution < 1.29 is 18.0 Å². The number of aromatic nitrogens is 1. The Morgan fingerprint density at radius 1 is 1.00 bits per heavy atom. The molecule has 0 saturated heterocycles. The molecule has 0 aliphatic rings. The predicted molar refractivity (Wildman–Crippen MR) is 82.4 cm³/mol. The zero-order valence-electron chi connectivity index (χ0n) is 11.8. The second kappa shape index (κ2) is 5.72. The van der Waals surface area contributed by atoms with Crippen molar-refractivity contribution in [2.24, 2.45) is 4.99 Å². The Hall–Kier alpha value is -2.89. The lowest BCUT2D eigenvalue weighted by atomic mass is 10.1. The van der Waals surface area contributed by atoms with Crippen molar-refractivity contribution in [1.82, 2.24) is 4.98 Å². The number of rotatable bonds is 3. The zero-order chi connectivity index (χ0) is 16.4. The SMILES string of the molecule is O=Cc1c(C(=Nc2ccccc2)C(F)(F)F)[nH]c2ccccc12. The number of aldehydes is 1. The number of alkyl halides is 3. The highest BCUT2D eigenvalue weighted by Gasteiger charge is 2.39. The highest BCUT2D eigenvalue weighted by molar-refractivity contribution is 6.14. The third-order valence-electron chi connectivity index (χ3n) is 3.37. The fraction of sp³-hybridized carbons (Fsp3) is 0.0588. The number of halogens is 3. The van der Waals surface area contributed by atoms with Crippen molar-refractivity contribution in [2.45, 2.75) is 6.18 Å². The smallest absolute Gasteiger partial charge is 0.353 e. The molecule has 0 atom stereocenters. The Morgan fingerprint density at radius 3 is 2.30 bits per heavy atom. The molecule has 116 valence electrons. The van der Waals surface area contributed by atoms with Gasteiger partial charge in [-0.25, -0.2) is 4.99 Å². The number of H-pyrrole nitrogens is 1. The van der Waals surface area contributed by atoms with Gasteiger partial charge in [-0.15, -0.1) is 0 Å². The molecule has 23 heavy (non-hydrogen) atoms. The van der Waals surface area contributed by atoms with Crippen LogP contribution in [0.3, 0.4) is 0 Å². The average molecular weight is 316 g/mol. The van der Waals surface area contributed by atoms with Gasteiger partial charge in [0.2, 0.25) is 0 Å². The summed E-state index contributed by atoms with van der Waals surface area (Å²) in [4.78, 5) is 17.7. The molecular formula is C17H11F3N2O. The monoisotopic (exact) mass is 316 g/mol. The van der Waals surface area contributed by atoms with E-state index in [2.05, 4.69) is 9.98 Å². The Morgan fingerprint density at radius 2 is 1.65 bits per heavy atom. The van der Waals surface area contributed by atoms with Gasteiger partial charge in [0.05, 0.1) is 11.4 Å². The van der Waals surface area contributed by atoms with E-state index in [4.69, 9.17) is 0 Å². The first-order valence-corrected chi connectivity index (χ1v) is 6.78. The van der Waals surface area contributed by atoms with Crippen molar-refractivity contribution in [3.05, 3.63) is 65.9 Å². The number of para-hydroxylation sites is 2. The van der Waals surface area contributed by atoms with Crippen LogP contribution in [-0.4, -0.2) is 23.2 Å². The van der Waals surface area contributed by atoms with Crippen molar-refractivity contribution >= 4 is 28.6 Å². The molecular weight excluding hydrogens is 305 g/mol. The van der Waals surface area contributed by atoms with E-state index in [1.54, 1.807) is 42.5 Å². The fourth-order valence-corrected chi connectivity index (χ4v) is 2.37. The molecule has 3 nitrogen and oxygen atoms in total. The summed E-state index contributed by atoms with van der Waals surface area (Å²) >= 11 is 0. The standard InChI is InChI=1S/C17H11F3N2O/c18-17(19,20)16(21-11-6-2-1-3-7-11)15-13(10-23)12-8-4-5-9-14(12)22-15/h1-10,22H. The summed E-state index contributed by atoms with van der Waals surface area (Å²) in [5, 5.41) is 0.433. The number of carbonyl (C=O) groups is 1. The van der Waals surface area contributed by atoms with E-state index < -0.39 is 11.9 Å². The number of fused-ring (bicyclic) bond motifs is 1. The molecule has 0 saturated carbocycles. The van der Waals surface area contributed by atoms with Gasteiger partial charge >= 0.3 is 6.18 Å². The van der Waals surface area contributed by atoms with E-state index in [-0.39, 0.29) is 16.9 Å². The van der Waals surface area contributed by atoms with Crippen LogP contribution in [0.5, 0.6) is 0 Å². The lowest BCUT2D eigenvalue weighted by molar-refractivity contribution is -0.0581. The first-order valence-electron chi connectivity index (χ1n) is 6.78. The fourth-order valence-electron chi connectivity index (χ4n) is 2.37. The van der Waals surface area contributed by atoms with Gasteiger partial charge in [-0.2, -0.15) is 13.2 Å². The van der Waals surface area contributed by atoms with Crippen LogP contribution < -0.4 is 0 Å². The van der Waals surface area contributed by atoms with Crippen molar-refractivity contribution in [1.29, 1.82) is 0 Å². The van der Waals surface area contributed by atoms with E-state index in [1.165, 1.54) is 12.1 Å². The van der Waals surface area contributed by atoms with Gasteiger partial charge in [-0.05, 0) is 18.2 Å². The number of hydrogen-bond donors (Lipinski definition) is 1. The summed E-state index contributed by atoms with van der Waals surface area (Å²) in [5.74, 6) is 0. The zero-order valence-corrected chi connectivity index (χ0v) is 11.8. The van der Waals surface area contributed by atoms with Crippen LogP contribution in [0.4, 0.5) is 18.9 Å². The summed E-state index contributed by atoms with van der Waals surface area (Å²) in [6, 6.07) is 14.4. The summed E-state index contributed by atoms with van der Waals surface area (Å²) < 4.78 is 40.4. The maximum absolute atomic E-state index is 13.5. The van der Waals surface area contributed by atoms with Gasteiger partial charge in [-0.3, -0.25) is 4.79 Å². The van der Waals surface area contributed by atoms with Crippen LogP contribution in [0.2, 0.25) is 0 Å². The van der Waals surface area contributed by atoms with Gasteiger partial charge < -0.3 is 4.98 Å². The average Bonchev–Trinajstić information content (AvgIpc) is 2.90. The van der Waals surface area contributed by atoms with Crippen LogP contribution in [0.15, 0.2) is 59.6 Å². The molecule has 0 aliphatic carbocycles. The maximum atomic E-state index is 13.5. The molecule has 0 unspecified atom stereocenters. The second-order valence-electron chi connectivity index (χ2n) is 4.87. The van der Waals surface area contributed by atoms with Crippen molar-refractivity contribution in [3.8, 4) is 0 Å². The molecule has 1 heterocycles. The first-order chi connectivity index (χ1) is 11.0. The molecule has 0 amide bonds. The lowest BCUT2D eigenvalue weighted by Gasteiger charge is -2.10. The van der Waals surface area contributed by atoms with Crippen LogP contribution in [-0.2, 0) is 0 Å². The topological polar surface area (TPSA) is 45.2 Å². The molecule has 0 bridgehead atoms. The summed E-state index contributed by atoms with van der Waals surface area (Å²) in [6.45, 7) is 0. The quantitative estimate of drug-likeness (QED) is 0.554. The molecule has 0 radical (unpaired) electrons. The molecule has 3 rings (SSSR count). The number of aliphatic imine (C=N–C) groups is 1. The van der Waals surface area contributed by atoms with Crippen molar-refractivity contribution in [2.75, 3.05) is 0 Å². The maximum Gasteiger partial charge on any atom is 0.435 e. The predicted octanol–water partition coefficient (Wildman–Crippen LogP) is 4.66. The molecule has 1 aromatic heterocycles. The summed E-state index contributed by atoms with van der Waals surface area (Å²) in [6.07, 6.45) is -4.28. The van der Waals surface area contributed by atoms with E-state index in [1.807, 2.05) is 0 Å². The number of benzene rings is 2. The number of nitrogens with zero attached hydrogens (tertiary/aromatic N) is 1. The Kier molecular flexibility index (Phi) is 3.73. The molecule has 0 spiro atoms. The van der Waals surface area contributed by atoms with Gasteiger partial charge in [0.1, 0.15) is 0 Å². The van der Waals surface area contributed by atoms with Gasteiger partial charge in [0, 0.05) is 16.5 Å². The molecule has 1 N–H and O–H groups in total. The minimum atomic E-state index is -4.70. The van der Waals surface area contributed by atoms with E-state index >= 15 is 0 Å². The lowest BCUT2D eigenvalue weighted by Crippen LogP contribution is -2.25. The third kappa shape index (κ3) is 2.88. The summed E-state index contributed by atoms with van der Waals surface area (Å²) in [5.41, 5.74) is -0.878.